The molecule has 0 spiro atoms. The van der Waals surface area contributed by atoms with E-state index in [0.29, 0.717) is 30.3 Å². The summed E-state index contributed by atoms with van der Waals surface area (Å²) in [6, 6.07) is 3.78. The average molecular weight is 319 g/mol. The van der Waals surface area contributed by atoms with Crippen molar-refractivity contribution in [3.8, 4) is 10.6 Å². The molecular formula is C15H17N3O3S. The van der Waals surface area contributed by atoms with Crippen LogP contribution in [0.15, 0.2) is 24.5 Å². The second kappa shape index (κ2) is 6.95. The Hall–Kier alpha value is -1.83. The summed E-state index contributed by atoms with van der Waals surface area (Å²) < 4.78 is 10.8. The summed E-state index contributed by atoms with van der Waals surface area (Å²) in [4.78, 5) is 21.4. The van der Waals surface area contributed by atoms with Gasteiger partial charge in [0.15, 0.2) is 6.29 Å². The third kappa shape index (κ3) is 3.49. The summed E-state index contributed by atoms with van der Waals surface area (Å²) in [6.45, 7) is 3.52. The van der Waals surface area contributed by atoms with E-state index in [1.54, 1.807) is 12.4 Å². The molecule has 7 heteroatoms. The molecule has 1 saturated heterocycles. The Kier molecular flexibility index (Phi) is 4.77. The third-order valence-electron chi connectivity index (χ3n) is 3.24. The Balaban J connectivity index is 1.66. The van der Waals surface area contributed by atoms with Crippen molar-refractivity contribution in [2.45, 2.75) is 19.6 Å². The number of rotatable bonds is 4. The zero-order valence-electron chi connectivity index (χ0n) is 12.2. The molecule has 6 nitrogen and oxygen atoms in total. The second-order valence-electron chi connectivity index (χ2n) is 4.91. The largest absolute Gasteiger partial charge is 0.351 e. The Labute approximate surface area is 132 Å². The third-order valence-corrected chi connectivity index (χ3v) is 4.44. The first-order valence-electron chi connectivity index (χ1n) is 7.13. The van der Waals surface area contributed by atoms with Crippen LogP contribution in [-0.4, -0.2) is 41.9 Å². The number of nitrogens with one attached hydrogen (secondary N) is 1. The minimum atomic E-state index is -0.358. The highest BCUT2D eigenvalue weighted by Gasteiger charge is 2.19. The lowest BCUT2D eigenvalue weighted by molar-refractivity contribution is -0.174. The van der Waals surface area contributed by atoms with Crippen molar-refractivity contribution in [3.05, 3.63) is 35.1 Å². The van der Waals surface area contributed by atoms with Crippen LogP contribution < -0.4 is 5.32 Å². The summed E-state index contributed by atoms with van der Waals surface area (Å²) >= 11 is 1.36. The van der Waals surface area contributed by atoms with E-state index in [1.807, 2.05) is 19.1 Å². The van der Waals surface area contributed by atoms with Gasteiger partial charge < -0.3 is 14.8 Å². The number of aryl methyl sites for hydroxylation is 1. The summed E-state index contributed by atoms with van der Waals surface area (Å²) in [5.74, 6) is -0.150. The van der Waals surface area contributed by atoms with Crippen LogP contribution in [0.25, 0.3) is 10.6 Å². The van der Waals surface area contributed by atoms with Gasteiger partial charge in [-0.05, 0) is 25.5 Å². The molecule has 22 heavy (non-hydrogen) atoms. The molecule has 3 heterocycles. The van der Waals surface area contributed by atoms with Gasteiger partial charge in [-0.3, -0.25) is 9.78 Å². The van der Waals surface area contributed by atoms with Crippen LogP contribution in [-0.2, 0) is 9.47 Å². The lowest BCUT2D eigenvalue weighted by atomic mass is 10.3. The van der Waals surface area contributed by atoms with Gasteiger partial charge in [-0.25, -0.2) is 4.98 Å². The number of ether oxygens (including phenoxy) is 2. The highest BCUT2D eigenvalue weighted by Crippen LogP contribution is 2.27. The molecule has 2 aromatic heterocycles. The van der Waals surface area contributed by atoms with Gasteiger partial charge in [0.2, 0.25) is 0 Å². The molecule has 0 aliphatic carbocycles. The molecule has 0 aromatic carbocycles. The number of nitrogens with zero attached hydrogens (tertiary/aromatic N) is 2. The molecule has 0 unspecified atom stereocenters. The van der Waals surface area contributed by atoms with Crippen molar-refractivity contribution in [2.24, 2.45) is 0 Å². The van der Waals surface area contributed by atoms with E-state index >= 15 is 0 Å². The van der Waals surface area contributed by atoms with Crippen LogP contribution in [0.2, 0.25) is 0 Å². The molecule has 1 N–H and O–H groups in total. The predicted molar refractivity (Wildman–Crippen MR) is 82.7 cm³/mol. The van der Waals surface area contributed by atoms with Crippen LogP contribution >= 0.6 is 11.3 Å². The van der Waals surface area contributed by atoms with E-state index in [4.69, 9.17) is 9.47 Å². The molecule has 116 valence electrons. The minimum Gasteiger partial charge on any atom is -0.351 e. The molecule has 3 rings (SSSR count). The van der Waals surface area contributed by atoms with Gasteiger partial charge >= 0.3 is 0 Å². The number of pyridine rings is 1. The van der Waals surface area contributed by atoms with Gasteiger partial charge in [0, 0.05) is 18.0 Å². The molecule has 1 aliphatic rings. The topological polar surface area (TPSA) is 73.3 Å². The van der Waals surface area contributed by atoms with Crippen LogP contribution in [0.3, 0.4) is 0 Å². The van der Waals surface area contributed by atoms with Gasteiger partial charge in [0.25, 0.3) is 5.91 Å². The molecule has 1 aliphatic heterocycles. The zero-order valence-corrected chi connectivity index (χ0v) is 13.1. The molecule has 0 bridgehead atoms. The van der Waals surface area contributed by atoms with Crippen molar-refractivity contribution >= 4 is 17.2 Å². The molecular weight excluding hydrogens is 302 g/mol. The number of aromatic nitrogens is 2. The number of carbonyl (C=O) groups is 1. The summed E-state index contributed by atoms with van der Waals surface area (Å²) in [7, 11) is 0. The molecule has 1 amide bonds. The summed E-state index contributed by atoms with van der Waals surface area (Å²) in [5, 5.41) is 3.63. The van der Waals surface area contributed by atoms with Gasteiger partial charge in [-0.2, -0.15) is 0 Å². The van der Waals surface area contributed by atoms with E-state index < -0.39 is 0 Å². The maximum Gasteiger partial charge on any atom is 0.263 e. The van der Waals surface area contributed by atoms with Crippen LogP contribution in [0.5, 0.6) is 0 Å². The molecule has 1 fully saturated rings. The highest BCUT2D eigenvalue weighted by atomic mass is 32.1. The van der Waals surface area contributed by atoms with Crippen molar-refractivity contribution < 1.29 is 14.3 Å². The van der Waals surface area contributed by atoms with Gasteiger partial charge in [-0.15, -0.1) is 11.3 Å². The van der Waals surface area contributed by atoms with E-state index in [9.17, 15) is 4.79 Å². The van der Waals surface area contributed by atoms with Crippen molar-refractivity contribution in [3.63, 3.8) is 0 Å². The van der Waals surface area contributed by atoms with E-state index in [2.05, 4.69) is 15.3 Å². The Bertz CT molecular complexity index is 639. The number of hydrogen-bond donors (Lipinski definition) is 1. The van der Waals surface area contributed by atoms with E-state index in [1.165, 1.54) is 11.3 Å². The monoisotopic (exact) mass is 319 g/mol. The van der Waals surface area contributed by atoms with Gasteiger partial charge in [0.1, 0.15) is 9.88 Å². The number of hydrogen-bond acceptors (Lipinski definition) is 6. The first-order chi connectivity index (χ1) is 10.7. The highest BCUT2D eigenvalue weighted by molar-refractivity contribution is 7.17. The number of thiazole rings is 1. The van der Waals surface area contributed by atoms with Crippen LogP contribution in [0.4, 0.5) is 0 Å². The normalized spacial score (nSPS) is 15.7. The summed E-state index contributed by atoms with van der Waals surface area (Å²) in [6.07, 6.45) is 3.99. The summed E-state index contributed by atoms with van der Waals surface area (Å²) in [5.41, 5.74) is 1.63. The first-order valence-corrected chi connectivity index (χ1v) is 7.95. The zero-order chi connectivity index (χ0) is 15.4. The van der Waals surface area contributed by atoms with E-state index in [0.717, 1.165) is 17.0 Å². The fraction of sp³-hybridized carbons (Fsp3) is 0.400. The average Bonchev–Trinajstić information content (AvgIpc) is 2.96. The molecule has 0 saturated carbocycles. The Morgan fingerprint density at radius 3 is 3.00 bits per heavy atom. The minimum absolute atomic E-state index is 0.150. The fourth-order valence-corrected chi connectivity index (χ4v) is 3.10. The standard InChI is InChI=1S/C15H17N3O3S/c1-10-13(14(19)17-9-12-20-6-3-7-21-12)22-15(18-10)11-4-2-5-16-8-11/h2,4-5,8,12H,3,6-7,9H2,1H3,(H,17,19). The fourth-order valence-electron chi connectivity index (χ4n) is 2.13. The SMILES string of the molecule is Cc1nc(-c2cccnc2)sc1C(=O)NCC1OCCCO1. The van der Waals surface area contributed by atoms with Crippen molar-refractivity contribution in [1.82, 2.24) is 15.3 Å². The van der Waals surface area contributed by atoms with Crippen molar-refractivity contribution in [2.75, 3.05) is 19.8 Å². The molecule has 2 aromatic rings. The van der Waals surface area contributed by atoms with Gasteiger partial charge in [-0.1, -0.05) is 0 Å². The number of amides is 1. The maximum absolute atomic E-state index is 12.3. The number of carbonyl (C=O) groups excluding carboxylic acids is 1. The predicted octanol–water partition coefficient (Wildman–Crippen LogP) is 2.01. The lowest BCUT2D eigenvalue weighted by Crippen LogP contribution is -2.37. The van der Waals surface area contributed by atoms with Crippen LogP contribution in [0, 0.1) is 6.92 Å². The lowest BCUT2D eigenvalue weighted by Gasteiger charge is -2.23. The Morgan fingerprint density at radius 2 is 2.27 bits per heavy atom. The maximum atomic E-state index is 12.3. The smallest absolute Gasteiger partial charge is 0.263 e. The van der Waals surface area contributed by atoms with Gasteiger partial charge in [0.05, 0.1) is 25.5 Å². The molecule has 0 atom stereocenters. The quantitative estimate of drug-likeness (QED) is 0.933. The second-order valence-corrected chi connectivity index (χ2v) is 5.91. The van der Waals surface area contributed by atoms with Crippen LogP contribution in [0.1, 0.15) is 21.8 Å². The van der Waals surface area contributed by atoms with E-state index in [-0.39, 0.29) is 12.2 Å². The van der Waals surface area contributed by atoms with Crippen molar-refractivity contribution in [1.29, 1.82) is 0 Å². The Morgan fingerprint density at radius 1 is 1.45 bits per heavy atom. The first kappa shape index (κ1) is 15.1. The molecule has 0 radical (unpaired) electrons.